The lowest BCUT2D eigenvalue weighted by molar-refractivity contribution is 0.412. The fourth-order valence-corrected chi connectivity index (χ4v) is 2.19. The maximum absolute atomic E-state index is 4.82. The Morgan fingerprint density at radius 3 is 2.57 bits per heavy atom. The highest BCUT2D eigenvalue weighted by Gasteiger charge is 2.15. The third-order valence-corrected chi connectivity index (χ3v) is 3.67. The standard InChI is InChI=1S/C17H24N4O.HI/c1-4-18-17(19-12-16-10-11-22-21-16)20-14(3)13(2)15-8-6-5-7-9-15;/h5-11,13-14H,4,12H2,1-3H3,(H2,18,19,20);1H. The number of nitrogens with one attached hydrogen (secondary N) is 2. The summed E-state index contributed by atoms with van der Waals surface area (Å²) in [6, 6.07) is 12.6. The molecule has 0 saturated carbocycles. The Morgan fingerprint density at radius 2 is 1.96 bits per heavy atom. The van der Waals surface area contributed by atoms with Crippen LogP contribution in [0, 0.1) is 0 Å². The second-order valence-corrected chi connectivity index (χ2v) is 5.32. The molecule has 5 nitrogen and oxygen atoms in total. The van der Waals surface area contributed by atoms with Crippen molar-refractivity contribution in [3.05, 3.63) is 53.9 Å². The van der Waals surface area contributed by atoms with Crippen molar-refractivity contribution >= 4 is 29.9 Å². The van der Waals surface area contributed by atoms with Crippen LogP contribution in [0.3, 0.4) is 0 Å². The van der Waals surface area contributed by atoms with E-state index >= 15 is 0 Å². The first kappa shape index (κ1) is 19.5. The molecule has 0 spiro atoms. The maximum atomic E-state index is 4.82. The summed E-state index contributed by atoms with van der Waals surface area (Å²) in [6.07, 6.45) is 1.56. The largest absolute Gasteiger partial charge is 0.364 e. The topological polar surface area (TPSA) is 62.5 Å². The van der Waals surface area contributed by atoms with Crippen LogP contribution in [-0.4, -0.2) is 23.7 Å². The fraction of sp³-hybridized carbons (Fsp3) is 0.412. The number of benzene rings is 1. The van der Waals surface area contributed by atoms with Crippen molar-refractivity contribution in [2.24, 2.45) is 4.99 Å². The Bertz CT molecular complexity index is 572. The van der Waals surface area contributed by atoms with E-state index in [2.05, 4.69) is 65.8 Å². The lowest BCUT2D eigenvalue weighted by atomic mass is 9.94. The molecule has 0 saturated heterocycles. The van der Waals surface area contributed by atoms with Crippen LogP contribution in [0.15, 0.2) is 52.2 Å². The van der Waals surface area contributed by atoms with Gasteiger partial charge in [-0.2, -0.15) is 0 Å². The fourth-order valence-electron chi connectivity index (χ4n) is 2.19. The van der Waals surface area contributed by atoms with E-state index in [1.165, 1.54) is 5.56 Å². The van der Waals surface area contributed by atoms with Crippen molar-refractivity contribution < 1.29 is 4.52 Å². The quantitative estimate of drug-likeness (QED) is 0.420. The van der Waals surface area contributed by atoms with Crippen LogP contribution >= 0.6 is 24.0 Å². The van der Waals surface area contributed by atoms with Crippen LogP contribution in [0.25, 0.3) is 0 Å². The van der Waals surface area contributed by atoms with E-state index in [9.17, 15) is 0 Å². The highest BCUT2D eigenvalue weighted by molar-refractivity contribution is 14.0. The molecule has 0 aliphatic carbocycles. The van der Waals surface area contributed by atoms with Crippen LogP contribution < -0.4 is 10.6 Å². The summed E-state index contributed by atoms with van der Waals surface area (Å²) >= 11 is 0. The number of hydrogen-bond acceptors (Lipinski definition) is 3. The predicted molar refractivity (Wildman–Crippen MR) is 104 cm³/mol. The SMILES string of the molecule is CCNC(=NCc1ccon1)NC(C)C(C)c1ccccc1.I. The summed E-state index contributed by atoms with van der Waals surface area (Å²) in [4.78, 5) is 4.54. The van der Waals surface area contributed by atoms with E-state index in [1.54, 1.807) is 6.26 Å². The lowest BCUT2D eigenvalue weighted by Crippen LogP contribution is -2.44. The van der Waals surface area contributed by atoms with Gasteiger partial charge in [-0.05, 0) is 19.4 Å². The second kappa shape index (κ2) is 10.3. The molecular weight excluding hydrogens is 403 g/mol. The first-order valence-corrected chi connectivity index (χ1v) is 7.69. The van der Waals surface area contributed by atoms with Crippen LogP contribution in [0.1, 0.15) is 37.9 Å². The van der Waals surface area contributed by atoms with Crippen LogP contribution in [-0.2, 0) is 6.54 Å². The number of hydrogen-bond donors (Lipinski definition) is 2. The normalized spacial score (nSPS) is 13.8. The zero-order valence-electron chi connectivity index (χ0n) is 13.8. The van der Waals surface area contributed by atoms with Gasteiger partial charge in [0.15, 0.2) is 5.96 Å². The number of halogens is 1. The number of aromatic nitrogens is 1. The molecular formula is C17H25IN4O. The number of nitrogens with zero attached hydrogens (tertiary/aromatic N) is 2. The highest BCUT2D eigenvalue weighted by atomic mass is 127. The monoisotopic (exact) mass is 428 g/mol. The molecule has 2 N–H and O–H groups in total. The zero-order chi connectivity index (χ0) is 15.8. The van der Waals surface area contributed by atoms with Gasteiger partial charge in [-0.15, -0.1) is 24.0 Å². The van der Waals surface area contributed by atoms with E-state index in [1.807, 2.05) is 12.1 Å². The van der Waals surface area contributed by atoms with Crippen molar-refractivity contribution in [2.45, 2.75) is 39.3 Å². The van der Waals surface area contributed by atoms with Gasteiger partial charge in [-0.3, -0.25) is 0 Å². The van der Waals surface area contributed by atoms with Gasteiger partial charge in [0.1, 0.15) is 12.0 Å². The molecule has 0 aliphatic heterocycles. The molecule has 0 fully saturated rings. The third-order valence-electron chi connectivity index (χ3n) is 3.67. The number of rotatable bonds is 6. The molecule has 2 rings (SSSR count). The Hall–Kier alpha value is -1.57. The van der Waals surface area contributed by atoms with Crippen LogP contribution in [0.5, 0.6) is 0 Å². The third kappa shape index (κ3) is 6.21. The minimum Gasteiger partial charge on any atom is -0.364 e. The maximum Gasteiger partial charge on any atom is 0.191 e. The number of guanidine groups is 1. The molecule has 2 aromatic rings. The predicted octanol–water partition coefficient (Wildman–Crippen LogP) is 3.54. The number of aliphatic imine (C=N–C) groups is 1. The van der Waals surface area contributed by atoms with Gasteiger partial charge in [-0.25, -0.2) is 4.99 Å². The summed E-state index contributed by atoms with van der Waals surface area (Å²) in [7, 11) is 0. The van der Waals surface area contributed by atoms with Gasteiger partial charge in [0.2, 0.25) is 0 Å². The lowest BCUT2D eigenvalue weighted by Gasteiger charge is -2.24. The molecule has 6 heteroatoms. The molecule has 1 aromatic carbocycles. The average Bonchev–Trinajstić information content (AvgIpc) is 3.06. The molecule has 2 unspecified atom stereocenters. The zero-order valence-corrected chi connectivity index (χ0v) is 16.2. The van der Waals surface area contributed by atoms with Gasteiger partial charge in [-0.1, -0.05) is 42.4 Å². The molecule has 1 aromatic heterocycles. The molecule has 1 heterocycles. The molecule has 0 aliphatic rings. The Balaban J connectivity index is 0.00000264. The first-order chi connectivity index (χ1) is 10.7. The van der Waals surface area contributed by atoms with E-state index < -0.39 is 0 Å². The van der Waals surface area contributed by atoms with Gasteiger partial charge < -0.3 is 15.2 Å². The van der Waals surface area contributed by atoms with Gasteiger partial charge >= 0.3 is 0 Å². The van der Waals surface area contributed by atoms with Gasteiger partial charge in [0.05, 0.1) is 6.54 Å². The summed E-state index contributed by atoms with van der Waals surface area (Å²) < 4.78 is 4.82. The van der Waals surface area contributed by atoms with Crippen molar-refractivity contribution in [1.29, 1.82) is 0 Å². The van der Waals surface area contributed by atoms with E-state index in [0.29, 0.717) is 12.5 Å². The minimum absolute atomic E-state index is 0. The molecule has 2 atom stereocenters. The molecule has 0 bridgehead atoms. The van der Waals surface area contributed by atoms with Crippen LogP contribution in [0.2, 0.25) is 0 Å². The molecule has 0 radical (unpaired) electrons. The Labute approximate surface area is 155 Å². The van der Waals surface area contributed by atoms with E-state index in [4.69, 9.17) is 4.52 Å². The van der Waals surface area contributed by atoms with Crippen LogP contribution in [0.4, 0.5) is 0 Å². The summed E-state index contributed by atoms with van der Waals surface area (Å²) in [6.45, 7) is 7.75. The summed E-state index contributed by atoms with van der Waals surface area (Å²) in [5.41, 5.74) is 2.14. The van der Waals surface area contributed by atoms with Crippen molar-refractivity contribution in [3.63, 3.8) is 0 Å². The Kier molecular flexibility index (Phi) is 8.68. The first-order valence-electron chi connectivity index (χ1n) is 7.69. The van der Waals surface area contributed by atoms with Crippen molar-refractivity contribution in [1.82, 2.24) is 15.8 Å². The van der Waals surface area contributed by atoms with E-state index in [-0.39, 0.29) is 30.0 Å². The van der Waals surface area contributed by atoms with Crippen molar-refractivity contribution in [2.75, 3.05) is 6.54 Å². The molecule has 126 valence electrons. The average molecular weight is 428 g/mol. The Morgan fingerprint density at radius 1 is 1.22 bits per heavy atom. The van der Waals surface area contributed by atoms with Crippen molar-refractivity contribution in [3.8, 4) is 0 Å². The second-order valence-electron chi connectivity index (χ2n) is 5.32. The van der Waals surface area contributed by atoms with Gasteiger partial charge in [0.25, 0.3) is 0 Å². The molecule has 23 heavy (non-hydrogen) atoms. The minimum atomic E-state index is 0. The van der Waals surface area contributed by atoms with E-state index in [0.717, 1.165) is 18.2 Å². The molecule has 0 amide bonds. The summed E-state index contributed by atoms with van der Waals surface area (Å²) in [5, 5.41) is 10.6. The highest BCUT2D eigenvalue weighted by Crippen LogP contribution is 2.18. The van der Waals surface area contributed by atoms with Gasteiger partial charge in [0, 0.05) is 24.6 Å². The smallest absolute Gasteiger partial charge is 0.191 e. The summed E-state index contributed by atoms with van der Waals surface area (Å²) in [5.74, 6) is 1.18.